The lowest BCUT2D eigenvalue weighted by Gasteiger charge is -2.11. The minimum absolute atomic E-state index is 0.119. The van der Waals surface area contributed by atoms with Crippen molar-refractivity contribution in [3.8, 4) is 5.69 Å². The molecule has 3 aromatic rings. The van der Waals surface area contributed by atoms with Crippen LogP contribution >= 0.6 is 0 Å². The Balaban J connectivity index is 1.90. The summed E-state index contributed by atoms with van der Waals surface area (Å²) in [7, 11) is 0. The predicted molar refractivity (Wildman–Crippen MR) is 82.7 cm³/mol. The number of carbonyl (C=O) groups is 1. The number of amides is 1. The van der Waals surface area contributed by atoms with E-state index in [1.54, 1.807) is 12.5 Å². The van der Waals surface area contributed by atoms with Crippen molar-refractivity contribution in [1.82, 2.24) is 9.55 Å². The number of benzene rings is 2. The van der Waals surface area contributed by atoms with E-state index in [1.807, 2.05) is 66.2 Å². The van der Waals surface area contributed by atoms with Crippen molar-refractivity contribution < 1.29 is 4.79 Å². The molecule has 0 saturated carbocycles. The number of carbonyl (C=O) groups excluding carboxylic acids is 1. The molecule has 0 aliphatic heterocycles. The van der Waals surface area contributed by atoms with Gasteiger partial charge in [-0.25, -0.2) is 4.98 Å². The lowest BCUT2D eigenvalue weighted by atomic mass is 10.1. The van der Waals surface area contributed by atoms with Crippen molar-refractivity contribution in [1.29, 1.82) is 0 Å². The summed E-state index contributed by atoms with van der Waals surface area (Å²) in [5.74, 6) is -0.119. The molecule has 1 amide bonds. The highest BCUT2D eigenvalue weighted by Gasteiger charge is 2.09. The number of nitrogens with zero attached hydrogens (tertiary/aromatic N) is 2. The summed E-state index contributed by atoms with van der Waals surface area (Å²) < 4.78 is 1.87. The minimum Gasteiger partial charge on any atom is -0.320 e. The molecule has 21 heavy (non-hydrogen) atoms. The van der Waals surface area contributed by atoms with Crippen molar-refractivity contribution in [3.63, 3.8) is 0 Å². The van der Waals surface area contributed by atoms with Crippen LogP contribution in [0, 0.1) is 6.92 Å². The van der Waals surface area contributed by atoms with E-state index in [-0.39, 0.29) is 5.91 Å². The summed E-state index contributed by atoms with van der Waals surface area (Å²) in [6, 6.07) is 15.2. The van der Waals surface area contributed by atoms with E-state index >= 15 is 0 Å². The Morgan fingerprint density at radius 3 is 2.76 bits per heavy atom. The molecule has 104 valence electrons. The van der Waals surface area contributed by atoms with Crippen molar-refractivity contribution >= 4 is 11.6 Å². The first kappa shape index (κ1) is 13.1. The van der Waals surface area contributed by atoms with Gasteiger partial charge in [-0.2, -0.15) is 0 Å². The Bertz CT molecular complexity index is 763. The zero-order valence-electron chi connectivity index (χ0n) is 11.7. The highest BCUT2D eigenvalue weighted by molar-refractivity contribution is 6.05. The van der Waals surface area contributed by atoms with Crippen LogP contribution in [0.5, 0.6) is 0 Å². The normalized spacial score (nSPS) is 10.3. The largest absolute Gasteiger partial charge is 0.320 e. The fourth-order valence-electron chi connectivity index (χ4n) is 2.19. The molecule has 4 heteroatoms. The molecular weight excluding hydrogens is 262 g/mol. The second-order valence-electron chi connectivity index (χ2n) is 4.81. The SMILES string of the molecule is Cc1cccc(C(=O)Nc2ccccc2-n2ccnc2)c1. The van der Waals surface area contributed by atoms with Gasteiger partial charge < -0.3 is 9.88 Å². The molecule has 0 unspecified atom stereocenters. The van der Waals surface area contributed by atoms with Crippen LogP contribution in [-0.2, 0) is 0 Å². The summed E-state index contributed by atoms with van der Waals surface area (Å²) in [4.78, 5) is 16.4. The fourth-order valence-corrected chi connectivity index (χ4v) is 2.19. The van der Waals surface area contributed by atoms with Gasteiger partial charge in [-0.05, 0) is 31.2 Å². The van der Waals surface area contributed by atoms with Gasteiger partial charge in [0.2, 0.25) is 0 Å². The first-order chi connectivity index (χ1) is 10.2. The van der Waals surface area contributed by atoms with Crippen LogP contribution in [0.1, 0.15) is 15.9 Å². The molecule has 0 spiro atoms. The minimum atomic E-state index is -0.119. The number of aromatic nitrogens is 2. The van der Waals surface area contributed by atoms with E-state index in [1.165, 1.54) is 0 Å². The molecule has 0 fully saturated rings. The number of aryl methyl sites for hydroxylation is 1. The van der Waals surface area contributed by atoms with Gasteiger partial charge in [0, 0.05) is 18.0 Å². The summed E-state index contributed by atoms with van der Waals surface area (Å²) in [6.07, 6.45) is 5.26. The molecular formula is C17H15N3O. The van der Waals surface area contributed by atoms with E-state index in [4.69, 9.17) is 0 Å². The second kappa shape index (κ2) is 5.63. The summed E-state index contributed by atoms with van der Waals surface area (Å²) >= 11 is 0. The topological polar surface area (TPSA) is 46.9 Å². The average Bonchev–Trinajstić information content (AvgIpc) is 3.02. The Labute approximate surface area is 123 Å². The third kappa shape index (κ3) is 2.84. The van der Waals surface area contributed by atoms with E-state index < -0.39 is 0 Å². The molecule has 1 heterocycles. The number of hydrogen-bond acceptors (Lipinski definition) is 2. The molecule has 0 aliphatic rings. The van der Waals surface area contributed by atoms with Gasteiger partial charge in [-0.15, -0.1) is 0 Å². The molecule has 1 N–H and O–H groups in total. The monoisotopic (exact) mass is 277 g/mol. The molecule has 0 saturated heterocycles. The third-order valence-corrected chi connectivity index (χ3v) is 3.22. The van der Waals surface area contributed by atoms with Crippen LogP contribution in [0.25, 0.3) is 5.69 Å². The fraction of sp³-hybridized carbons (Fsp3) is 0.0588. The number of para-hydroxylation sites is 2. The molecule has 1 aromatic heterocycles. The number of hydrogen-bond donors (Lipinski definition) is 1. The van der Waals surface area contributed by atoms with Gasteiger partial charge in [0.25, 0.3) is 5.91 Å². The summed E-state index contributed by atoms with van der Waals surface area (Å²) in [5.41, 5.74) is 3.35. The summed E-state index contributed by atoms with van der Waals surface area (Å²) in [6.45, 7) is 1.97. The maximum atomic E-state index is 12.4. The van der Waals surface area contributed by atoms with Gasteiger partial charge >= 0.3 is 0 Å². The third-order valence-electron chi connectivity index (χ3n) is 3.22. The number of imidazole rings is 1. The van der Waals surface area contributed by atoms with Crippen molar-refractivity contribution in [2.75, 3.05) is 5.32 Å². The quantitative estimate of drug-likeness (QED) is 0.797. The molecule has 0 bridgehead atoms. The van der Waals surface area contributed by atoms with Gasteiger partial charge in [0.15, 0.2) is 0 Å². The van der Waals surface area contributed by atoms with Gasteiger partial charge in [-0.1, -0.05) is 29.8 Å². The Morgan fingerprint density at radius 2 is 2.00 bits per heavy atom. The summed E-state index contributed by atoms with van der Waals surface area (Å²) in [5, 5.41) is 2.95. The molecule has 3 rings (SSSR count). The zero-order chi connectivity index (χ0) is 14.7. The molecule has 0 radical (unpaired) electrons. The standard InChI is InChI=1S/C17H15N3O/c1-13-5-4-6-14(11-13)17(21)19-15-7-2-3-8-16(15)20-10-9-18-12-20/h2-12H,1H3,(H,19,21). The Kier molecular flexibility index (Phi) is 3.51. The highest BCUT2D eigenvalue weighted by atomic mass is 16.1. The first-order valence-electron chi connectivity index (χ1n) is 6.69. The van der Waals surface area contributed by atoms with Crippen molar-refractivity contribution in [2.45, 2.75) is 6.92 Å². The van der Waals surface area contributed by atoms with E-state index in [2.05, 4.69) is 10.3 Å². The molecule has 0 aliphatic carbocycles. The van der Waals surface area contributed by atoms with Gasteiger partial charge in [0.05, 0.1) is 17.7 Å². The molecule has 4 nitrogen and oxygen atoms in total. The second-order valence-corrected chi connectivity index (χ2v) is 4.81. The van der Waals surface area contributed by atoms with Crippen LogP contribution in [0.3, 0.4) is 0 Å². The van der Waals surface area contributed by atoms with Gasteiger partial charge in [0.1, 0.15) is 0 Å². The lowest BCUT2D eigenvalue weighted by Crippen LogP contribution is -2.13. The maximum Gasteiger partial charge on any atom is 0.255 e. The van der Waals surface area contributed by atoms with Crippen LogP contribution in [0.15, 0.2) is 67.3 Å². The lowest BCUT2D eigenvalue weighted by molar-refractivity contribution is 0.102. The zero-order valence-corrected chi connectivity index (χ0v) is 11.7. The maximum absolute atomic E-state index is 12.4. The van der Waals surface area contributed by atoms with Crippen LogP contribution in [0.2, 0.25) is 0 Å². The Morgan fingerprint density at radius 1 is 1.14 bits per heavy atom. The predicted octanol–water partition coefficient (Wildman–Crippen LogP) is 3.43. The number of anilines is 1. The molecule has 0 atom stereocenters. The van der Waals surface area contributed by atoms with Gasteiger partial charge in [-0.3, -0.25) is 4.79 Å². The van der Waals surface area contributed by atoms with Crippen molar-refractivity contribution in [2.24, 2.45) is 0 Å². The van der Waals surface area contributed by atoms with E-state index in [9.17, 15) is 4.79 Å². The van der Waals surface area contributed by atoms with E-state index in [0.29, 0.717) is 5.56 Å². The first-order valence-corrected chi connectivity index (χ1v) is 6.69. The van der Waals surface area contributed by atoms with E-state index in [0.717, 1.165) is 16.9 Å². The van der Waals surface area contributed by atoms with Crippen LogP contribution in [-0.4, -0.2) is 15.5 Å². The Hall–Kier alpha value is -2.88. The number of nitrogens with one attached hydrogen (secondary N) is 1. The smallest absolute Gasteiger partial charge is 0.255 e. The average molecular weight is 277 g/mol. The van der Waals surface area contributed by atoms with Crippen LogP contribution < -0.4 is 5.32 Å². The van der Waals surface area contributed by atoms with Crippen molar-refractivity contribution in [3.05, 3.63) is 78.4 Å². The molecule has 2 aromatic carbocycles. The highest BCUT2D eigenvalue weighted by Crippen LogP contribution is 2.20. The number of rotatable bonds is 3. The van der Waals surface area contributed by atoms with Crippen LogP contribution in [0.4, 0.5) is 5.69 Å².